The predicted molar refractivity (Wildman–Crippen MR) is 121 cm³/mol. The van der Waals surface area contributed by atoms with E-state index in [1.54, 1.807) is 25.1 Å². The number of carbonyl (C=O) groups is 2. The van der Waals surface area contributed by atoms with Crippen molar-refractivity contribution in [2.24, 2.45) is 5.92 Å². The summed E-state index contributed by atoms with van der Waals surface area (Å²) in [7, 11) is -3.81. The summed E-state index contributed by atoms with van der Waals surface area (Å²) in [6.45, 7) is 3.83. The molecule has 0 saturated carbocycles. The molecule has 0 unspecified atom stereocenters. The molecule has 33 heavy (non-hydrogen) atoms. The van der Waals surface area contributed by atoms with Crippen molar-refractivity contribution in [3.05, 3.63) is 47.8 Å². The molecule has 2 aromatic carbocycles. The Morgan fingerprint density at radius 1 is 1.21 bits per heavy atom. The maximum Gasteiger partial charge on any atom is 0.265 e. The summed E-state index contributed by atoms with van der Waals surface area (Å²) in [6.07, 6.45) is 0.610. The number of amides is 2. The molecule has 2 aromatic rings. The molecule has 1 fully saturated rings. The van der Waals surface area contributed by atoms with Gasteiger partial charge in [-0.15, -0.1) is 0 Å². The second-order valence-corrected chi connectivity index (χ2v) is 10.2. The van der Waals surface area contributed by atoms with E-state index in [9.17, 15) is 22.4 Å². The molecule has 0 spiro atoms. The molecule has 2 heterocycles. The molecule has 2 aliphatic heterocycles. The molecule has 8 nitrogen and oxygen atoms in total. The highest BCUT2D eigenvalue weighted by Crippen LogP contribution is 2.34. The Kier molecular flexibility index (Phi) is 6.40. The fourth-order valence-corrected chi connectivity index (χ4v) is 5.48. The van der Waals surface area contributed by atoms with E-state index in [4.69, 9.17) is 4.74 Å². The number of aryl methyl sites for hydroxylation is 1. The summed E-state index contributed by atoms with van der Waals surface area (Å²) in [4.78, 5) is 24.7. The van der Waals surface area contributed by atoms with Gasteiger partial charge in [0.2, 0.25) is 15.9 Å². The van der Waals surface area contributed by atoms with E-state index in [0.29, 0.717) is 42.0 Å². The number of ether oxygens (including phenoxy) is 1. The number of fused-ring (bicyclic) bond motifs is 1. The van der Waals surface area contributed by atoms with E-state index in [2.05, 4.69) is 10.6 Å². The van der Waals surface area contributed by atoms with Gasteiger partial charge in [0.15, 0.2) is 6.10 Å². The molecule has 4 rings (SSSR count). The summed E-state index contributed by atoms with van der Waals surface area (Å²) in [5, 5.41) is 5.41. The first kappa shape index (κ1) is 23.2. The first-order valence-electron chi connectivity index (χ1n) is 10.9. The number of halogens is 1. The van der Waals surface area contributed by atoms with E-state index in [-0.39, 0.29) is 35.7 Å². The first-order valence-corrected chi connectivity index (χ1v) is 12.3. The Morgan fingerprint density at radius 3 is 2.61 bits per heavy atom. The van der Waals surface area contributed by atoms with E-state index in [1.807, 2.05) is 6.92 Å². The molecule has 2 amide bonds. The summed E-state index contributed by atoms with van der Waals surface area (Å²) in [6, 6.07) is 8.91. The Labute approximate surface area is 192 Å². The highest BCUT2D eigenvalue weighted by atomic mass is 32.2. The molecule has 1 atom stereocenters. The number of rotatable bonds is 5. The van der Waals surface area contributed by atoms with E-state index in [0.717, 1.165) is 0 Å². The number of piperidine rings is 1. The number of hydrogen-bond donors (Lipinski definition) is 2. The molecule has 0 radical (unpaired) electrons. The van der Waals surface area contributed by atoms with Crippen molar-refractivity contribution >= 4 is 33.2 Å². The van der Waals surface area contributed by atoms with Gasteiger partial charge >= 0.3 is 0 Å². The van der Waals surface area contributed by atoms with Crippen molar-refractivity contribution in [1.82, 2.24) is 4.31 Å². The van der Waals surface area contributed by atoms with Crippen LogP contribution in [-0.2, 0) is 19.6 Å². The van der Waals surface area contributed by atoms with Crippen LogP contribution in [0.3, 0.4) is 0 Å². The van der Waals surface area contributed by atoms with Crippen molar-refractivity contribution in [3.8, 4) is 5.75 Å². The number of sulfonamides is 1. The van der Waals surface area contributed by atoms with Crippen LogP contribution >= 0.6 is 0 Å². The van der Waals surface area contributed by atoms with E-state index >= 15 is 0 Å². The van der Waals surface area contributed by atoms with Crippen molar-refractivity contribution in [3.63, 3.8) is 0 Å². The van der Waals surface area contributed by atoms with Gasteiger partial charge in [0.25, 0.3) is 5.91 Å². The first-order chi connectivity index (χ1) is 15.7. The normalized spacial score (nSPS) is 19.4. The van der Waals surface area contributed by atoms with Gasteiger partial charge in [-0.3, -0.25) is 9.59 Å². The monoisotopic (exact) mass is 475 g/mol. The van der Waals surface area contributed by atoms with Gasteiger partial charge in [0.05, 0.1) is 10.6 Å². The Hall–Kier alpha value is -2.98. The largest absolute Gasteiger partial charge is 0.478 e. The van der Waals surface area contributed by atoms with Crippen molar-refractivity contribution in [2.75, 3.05) is 23.7 Å². The highest BCUT2D eigenvalue weighted by Gasteiger charge is 2.34. The Morgan fingerprint density at radius 2 is 1.94 bits per heavy atom. The van der Waals surface area contributed by atoms with Crippen LogP contribution in [0.1, 0.15) is 31.7 Å². The number of hydrogen-bond acceptors (Lipinski definition) is 5. The van der Waals surface area contributed by atoms with Crippen molar-refractivity contribution in [1.29, 1.82) is 0 Å². The highest BCUT2D eigenvalue weighted by molar-refractivity contribution is 7.89. The Bertz CT molecular complexity index is 1190. The smallest absolute Gasteiger partial charge is 0.265 e. The lowest BCUT2D eigenvalue weighted by atomic mass is 9.97. The molecule has 176 valence electrons. The topological polar surface area (TPSA) is 105 Å². The number of carbonyl (C=O) groups excluding carboxylic acids is 2. The van der Waals surface area contributed by atoms with Gasteiger partial charge in [0, 0.05) is 24.7 Å². The fraction of sp³-hybridized carbons (Fsp3) is 0.391. The summed E-state index contributed by atoms with van der Waals surface area (Å²) < 4.78 is 47.0. The minimum atomic E-state index is -3.81. The zero-order chi connectivity index (χ0) is 23.8. The second kappa shape index (κ2) is 9.11. The lowest BCUT2D eigenvalue weighted by Crippen LogP contribution is -2.41. The van der Waals surface area contributed by atoms with Crippen LogP contribution in [0.2, 0.25) is 0 Å². The Balaban J connectivity index is 1.41. The van der Waals surface area contributed by atoms with E-state index < -0.39 is 21.9 Å². The minimum absolute atomic E-state index is 0.0538. The summed E-state index contributed by atoms with van der Waals surface area (Å²) in [5.41, 5.74) is 1.19. The standard InChI is InChI=1S/C23H26FN3O5S/c1-3-20-23(29)26-19-13-17(6-7-21(19)32-20)33(30,31)27-10-8-15(9-11-27)22(28)25-16-5-4-14(2)18(24)12-16/h4-7,12-13,15,20H,3,8-11H2,1-2H3,(H,25,28)(H,26,29)/t20-/m0/s1. The second-order valence-electron chi connectivity index (χ2n) is 8.29. The van der Waals surface area contributed by atoms with Gasteiger partial charge in [-0.25, -0.2) is 12.8 Å². The molecule has 0 bridgehead atoms. The molecule has 0 aliphatic carbocycles. The van der Waals surface area contributed by atoms with Gasteiger partial charge in [-0.05, 0) is 62.1 Å². The average molecular weight is 476 g/mol. The molecule has 2 N–H and O–H groups in total. The number of nitrogens with one attached hydrogen (secondary N) is 2. The SMILES string of the molecule is CC[C@@H]1Oc2ccc(S(=O)(=O)N3CCC(C(=O)Nc4ccc(C)c(F)c4)CC3)cc2NC1=O. The maximum atomic E-state index is 13.7. The maximum absolute atomic E-state index is 13.7. The van der Waals surface area contributed by atoms with Gasteiger partial charge in [-0.2, -0.15) is 4.31 Å². The van der Waals surface area contributed by atoms with Crippen LogP contribution in [-0.4, -0.2) is 43.7 Å². The molecule has 2 aliphatic rings. The fourth-order valence-electron chi connectivity index (χ4n) is 3.98. The number of benzene rings is 2. The third kappa shape index (κ3) is 4.72. The zero-order valence-corrected chi connectivity index (χ0v) is 19.2. The quantitative estimate of drug-likeness (QED) is 0.691. The van der Waals surface area contributed by atoms with Crippen LogP contribution in [0.25, 0.3) is 0 Å². The van der Waals surface area contributed by atoms with Crippen LogP contribution in [0.15, 0.2) is 41.3 Å². The average Bonchev–Trinajstić information content (AvgIpc) is 2.80. The lowest BCUT2D eigenvalue weighted by molar-refractivity contribution is -0.123. The van der Waals surface area contributed by atoms with Crippen LogP contribution < -0.4 is 15.4 Å². The lowest BCUT2D eigenvalue weighted by Gasteiger charge is -2.31. The molecular weight excluding hydrogens is 449 g/mol. The molecule has 0 aromatic heterocycles. The third-order valence-corrected chi connectivity index (χ3v) is 7.94. The van der Waals surface area contributed by atoms with Crippen LogP contribution in [0.4, 0.5) is 15.8 Å². The predicted octanol–water partition coefficient (Wildman–Crippen LogP) is 3.28. The van der Waals surface area contributed by atoms with Gasteiger partial charge < -0.3 is 15.4 Å². The van der Waals surface area contributed by atoms with Gasteiger partial charge in [0.1, 0.15) is 11.6 Å². The minimum Gasteiger partial charge on any atom is -0.478 e. The zero-order valence-electron chi connectivity index (χ0n) is 18.4. The van der Waals surface area contributed by atoms with Crippen LogP contribution in [0.5, 0.6) is 5.75 Å². The summed E-state index contributed by atoms with van der Waals surface area (Å²) in [5.74, 6) is -0.897. The van der Waals surface area contributed by atoms with Crippen molar-refractivity contribution < 1.29 is 27.1 Å². The number of nitrogens with zero attached hydrogens (tertiary/aromatic N) is 1. The van der Waals surface area contributed by atoms with Crippen LogP contribution in [0, 0.1) is 18.7 Å². The van der Waals surface area contributed by atoms with Crippen molar-refractivity contribution in [2.45, 2.75) is 44.1 Å². The van der Waals surface area contributed by atoms with Gasteiger partial charge in [-0.1, -0.05) is 13.0 Å². The molecule has 10 heteroatoms. The third-order valence-electron chi connectivity index (χ3n) is 6.04. The molecular formula is C23H26FN3O5S. The van der Waals surface area contributed by atoms with E-state index in [1.165, 1.54) is 22.5 Å². The molecule has 1 saturated heterocycles. The summed E-state index contributed by atoms with van der Waals surface area (Å²) >= 11 is 0. The number of anilines is 2.